The van der Waals surface area contributed by atoms with Gasteiger partial charge in [-0.1, -0.05) is 89.0 Å². The van der Waals surface area contributed by atoms with E-state index in [2.05, 4.69) is 17.3 Å². The minimum absolute atomic E-state index is 0.0323. The van der Waals surface area contributed by atoms with Gasteiger partial charge in [-0.2, -0.15) is 18.5 Å². The molecule has 0 saturated carbocycles. The molecule has 264 valence electrons. The van der Waals surface area contributed by atoms with Crippen molar-refractivity contribution in [3.63, 3.8) is 0 Å². The molecular formula is C36H48N5O7S+. The van der Waals surface area contributed by atoms with Crippen molar-refractivity contribution in [2.24, 2.45) is 4.99 Å². The summed E-state index contributed by atoms with van der Waals surface area (Å²) in [5, 5.41) is 7.23. The lowest BCUT2D eigenvalue weighted by Gasteiger charge is -2.51. The molecule has 1 aromatic heterocycles. The van der Waals surface area contributed by atoms with E-state index in [-0.39, 0.29) is 28.5 Å². The number of esters is 1. The van der Waals surface area contributed by atoms with Crippen LogP contribution in [0.1, 0.15) is 94.0 Å². The van der Waals surface area contributed by atoms with Gasteiger partial charge in [-0.25, -0.2) is 9.48 Å². The molecule has 3 unspecified atom stereocenters. The van der Waals surface area contributed by atoms with Gasteiger partial charge in [0.2, 0.25) is 12.3 Å². The van der Waals surface area contributed by atoms with Gasteiger partial charge < -0.3 is 19.5 Å². The van der Waals surface area contributed by atoms with Crippen LogP contribution in [0.2, 0.25) is 0 Å². The number of ether oxygens (including phenoxy) is 3. The Morgan fingerprint density at radius 2 is 1.63 bits per heavy atom. The zero-order valence-electron chi connectivity index (χ0n) is 28.7. The second-order valence-electron chi connectivity index (χ2n) is 12.5. The number of hydrogen-bond acceptors (Lipinski definition) is 9. The maximum Gasteiger partial charge on any atom is 0.341 e. The summed E-state index contributed by atoms with van der Waals surface area (Å²) < 4.78 is 46.6. The molecule has 13 heteroatoms. The van der Waals surface area contributed by atoms with Crippen LogP contribution in [-0.2, 0) is 24.3 Å². The van der Waals surface area contributed by atoms with Gasteiger partial charge in [0.1, 0.15) is 17.2 Å². The summed E-state index contributed by atoms with van der Waals surface area (Å²) in [6.07, 6.45) is 14.0. The molecule has 2 aromatic carbocycles. The number of quaternary nitrogens is 1. The molecule has 1 N–H and O–H groups in total. The van der Waals surface area contributed by atoms with Crippen LogP contribution in [0, 0.1) is 0 Å². The molecule has 3 aromatic rings. The van der Waals surface area contributed by atoms with Crippen molar-refractivity contribution >= 4 is 39.1 Å². The summed E-state index contributed by atoms with van der Waals surface area (Å²) in [6, 6.07) is 12.0. The van der Waals surface area contributed by atoms with Crippen molar-refractivity contribution in [1.82, 2.24) is 9.78 Å². The van der Waals surface area contributed by atoms with Gasteiger partial charge in [0, 0.05) is 6.20 Å². The minimum Gasteiger partial charge on any atom is -0.495 e. The predicted molar refractivity (Wildman–Crippen MR) is 186 cm³/mol. The van der Waals surface area contributed by atoms with Crippen LogP contribution in [-0.4, -0.2) is 73.4 Å². The fraction of sp³-hybridized carbons (Fsp3) is 0.500. The molecule has 0 radical (unpaired) electrons. The maximum atomic E-state index is 14.7. The highest BCUT2D eigenvalue weighted by Gasteiger charge is 2.66. The third-order valence-electron chi connectivity index (χ3n) is 9.32. The van der Waals surface area contributed by atoms with E-state index in [0.717, 1.165) is 19.3 Å². The van der Waals surface area contributed by atoms with Crippen molar-refractivity contribution in [2.45, 2.75) is 94.7 Å². The number of unbranched alkanes of at least 4 members (excludes halogenated alkanes) is 9. The van der Waals surface area contributed by atoms with Gasteiger partial charge in [-0.3, -0.25) is 4.79 Å². The number of methoxy groups -OCH3 is 2. The highest BCUT2D eigenvalue weighted by atomic mass is 32.2. The highest BCUT2D eigenvalue weighted by Crippen LogP contribution is 2.47. The first kappa shape index (κ1) is 36.2. The number of nitrogens with zero attached hydrogens (tertiary/aromatic N) is 4. The first-order valence-electron chi connectivity index (χ1n) is 17.3. The van der Waals surface area contributed by atoms with E-state index in [1.165, 1.54) is 82.3 Å². The molecule has 0 aliphatic carbocycles. The average molecular weight is 695 g/mol. The van der Waals surface area contributed by atoms with Crippen molar-refractivity contribution < 1.29 is 36.1 Å². The topological polar surface area (TPSA) is 138 Å². The van der Waals surface area contributed by atoms with Crippen LogP contribution in [0.5, 0.6) is 5.75 Å². The van der Waals surface area contributed by atoms with Gasteiger partial charge in [0.15, 0.2) is 0 Å². The Balaban J connectivity index is 1.44. The van der Waals surface area contributed by atoms with E-state index >= 15 is 0 Å². The van der Waals surface area contributed by atoms with E-state index in [4.69, 9.17) is 19.2 Å². The standard InChI is InChI=1S/C36H47N5O7S/c1-4-5-6-7-8-9-10-11-12-17-24-48-32-22-23-41(32)34(38-29-19-14-16-21-31(29)49(41,44)45)33(40-26-27(25-37-40)36(43)47-3)35(42)39-28-18-13-15-20-30(28)46-2/h13-16,18-21,25-26,32-33H,4-12,17,22-24H2,1-3H3/p+1. The number of nitrogens with one attached hydrogen (secondary N) is 1. The van der Waals surface area contributed by atoms with Crippen LogP contribution in [0.4, 0.5) is 11.4 Å². The summed E-state index contributed by atoms with van der Waals surface area (Å²) in [4.78, 5) is 31.8. The maximum absolute atomic E-state index is 14.7. The molecule has 0 bridgehead atoms. The lowest BCUT2D eigenvalue weighted by Crippen LogP contribution is -2.74. The Bertz CT molecular complexity index is 1740. The summed E-state index contributed by atoms with van der Waals surface area (Å²) in [5.74, 6) is -0.816. The number of fused-ring (bicyclic) bond motifs is 1. The van der Waals surface area contributed by atoms with E-state index in [1.54, 1.807) is 42.5 Å². The summed E-state index contributed by atoms with van der Waals surface area (Å²) in [5.41, 5.74) is 0.696. The lowest BCUT2D eigenvalue weighted by atomic mass is 10.1. The van der Waals surface area contributed by atoms with Crippen molar-refractivity contribution in [3.05, 3.63) is 66.5 Å². The van der Waals surface area contributed by atoms with Crippen LogP contribution < -0.4 is 10.1 Å². The van der Waals surface area contributed by atoms with Gasteiger partial charge in [-0.15, -0.1) is 3.89 Å². The number of carbonyl (C=O) groups excluding carboxylic acids is 2. The fourth-order valence-corrected chi connectivity index (χ4v) is 8.76. The number of hydrogen-bond donors (Lipinski definition) is 1. The molecule has 49 heavy (non-hydrogen) atoms. The molecule has 1 spiro atoms. The van der Waals surface area contributed by atoms with Gasteiger partial charge in [-0.05, 0) is 30.7 Å². The number of aromatic nitrogens is 2. The van der Waals surface area contributed by atoms with E-state index < -0.39 is 38.1 Å². The largest absolute Gasteiger partial charge is 0.495 e. The Hall–Kier alpha value is -4.07. The normalized spacial score (nSPS) is 19.7. The number of aliphatic imine (C=N–C) groups is 1. The second kappa shape index (κ2) is 16.6. The molecular weight excluding hydrogens is 646 g/mol. The number of amides is 1. The molecule has 3 heterocycles. The molecule has 3 atom stereocenters. The van der Waals surface area contributed by atoms with Gasteiger partial charge in [0.25, 0.3) is 11.7 Å². The van der Waals surface area contributed by atoms with E-state index in [1.807, 2.05) is 0 Å². The van der Waals surface area contributed by atoms with Gasteiger partial charge >= 0.3 is 16.0 Å². The molecule has 1 fully saturated rings. The molecule has 12 nitrogen and oxygen atoms in total. The fourth-order valence-electron chi connectivity index (χ4n) is 6.57. The van der Waals surface area contributed by atoms with Gasteiger partial charge in [0.05, 0.1) is 50.4 Å². The van der Waals surface area contributed by atoms with Crippen molar-refractivity contribution in [3.8, 4) is 5.75 Å². The smallest absolute Gasteiger partial charge is 0.341 e. The minimum atomic E-state index is -4.15. The average Bonchev–Trinajstić information content (AvgIpc) is 3.58. The number of benzene rings is 2. The quantitative estimate of drug-likeness (QED) is 0.0875. The number of amidine groups is 1. The van der Waals surface area contributed by atoms with Crippen LogP contribution in [0.15, 0.2) is 70.8 Å². The Morgan fingerprint density at radius 1 is 0.959 bits per heavy atom. The Kier molecular flexibility index (Phi) is 12.2. The molecule has 5 rings (SSSR count). The number of carbonyl (C=O) groups is 2. The van der Waals surface area contributed by atoms with Crippen molar-refractivity contribution in [1.29, 1.82) is 0 Å². The second-order valence-corrected chi connectivity index (χ2v) is 14.6. The van der Waals surface area contributed by atoms with E-state index in [9.17, 15) is 18.0 Å². The number of para-hydroxylation sites is 3. The third-order valence-corrected chi connectivity index (χ3v) is 11.7. The lowest BCUT2D eigenvalue weighted by molar-refractivity contribution is -0.827. The van der Waals surface area contributed by atoms with Crippen molar-refractivity contribution in [2.75, 3.05) is 32.7 Å². The molecule has 2 aliphatic heterocycles. The van der Waals surface area contributed by atoms with Crippen LogP contribution in [0.25, 0.3) is 0 Å². The monoisotopic (exact) mass is 694 g/mol. The van der Waals surface area contributed by atoms with E-state index in [0.29, 0.717) is 24.5 Å². The Morgan fingerprint density at radius 3 is 2.31 bits per heavy atom. The first-order valence-corrected chi connectivity index (χ1v) is 18.7. The zero-order valence-corrected chi connectivity index (χ0v) is 29.5. The Labute approximate surface area is 289 Å². The number of sulfonamides is 1. The molecule has 1 saturated heterocycles. The SMILES string of the molecule is CCCCCCCCCCCCOC1CC[N+]12C(C(C(=O)Nc1ccccc1OC)n1cc(C(=O)OC)cn1)=Nc1ccccc1S2(=O)=O. The predicted octanol–water partition coefficient (Wildman–Crippen LogP) is 6.77. The molecule has 1 amide bonds. The number of rotatable bonds is 18. The van der Waals surface area contributed by atoms with Crippen LogP contribution in [0.3, 0.4) is 0 Å². The highest BCUT2D eigenvalue weighted by molar-refractivity contribution is 7.86. The van der Waals surface area contributed by atoms with Crippen LogP contribution >= 0.6 is 0 Å². The third kappa shape index (κ3) is 7.58. The molecule has 2 aliphatic rings. The summed E-state index contributed by atoms with van der Waals surface area (Å²) in [6.45, 7) is 2.77. The summed E-state index contributed by atoms with van der Waals surface area (Å²) >= 11 is 0. The first-order chi connectivity index (χ1) is 23.8. The zero-order chi connectivity index (χ0) is 34.9. The number of anilines is 1. The summed E-state index contributed by atoms with van der Waals surface area (Å²) in [7, 11) is -1.41.